The summed E-state index contributed by atoms with van der Waals surface area (Å²) in [7, 11) is 0. The van der Waals surface area contributed by atoms with Gasteiger partial charge in [0.25, 0.3) is 0 Å². The highest BCUT2D eigenvalue weighted by Gasteiger charge is 2.01. The molecule has 0 saturated carbocycles. The minimum atomic E-state index is -0.230. The van der Waals surface area contributed by atoms with Crippen LogP contribution in [0.15, 0.2) is 24.3 Å². The number of esters is 1. The van der Waals surface area contributed by atoms with Gasteiger partial charge in [-0.2, -0.15) is 0 Å². The number of rotatable bonds is 3. The van der Waals surface area contributed by atoms with Crippen LogP contribution in [0.4, 0.5) is 0 Å². The van der Waals surface area contributed by atoms with Crippen LogP contribution in [0.2, 0.25) is 0 Å². The second-order valence-corrected chi connectivity index (χ2v) is 2.88. The molecule has 13 heavy (non-hydrogen) atoms. The Morgan fingerprint density at radius 1 is 1.54 bits per heavy atom. The van der Waals surface area contributed by atoms with E-state index in [1.807, 2.05) is 12.1 Å². The maximum absolute atomic E-state index is 10.9. The van der Waals surface area contributed by atoms with E-state index in [1.165, 1.54) is 0 Å². The fraction of sp³-hybridized carbons (Fsp3) is 0.300. The average molecular weight is 199 g/mol. The van der Waals surface area contributed by atoms with Gasteiger partial charge in [-0.25, -0.2) is 0 Å². The molecule has 0 fully saturated rings. The quantitative estimate of drug-likeness (QED) is 0.424. The van der Waals surface area contributed by atoms with E-state index in [1.54, 1.807) is 19.1 Å². The molecule has 0 unspecified atom stereocenters. The average Bonchev–Trinajstić information content (AvgIpc) is 2.18. The zero-order valence-electron chi connectivity index (χ0n) is 7.42. The molecule has 1 rings (SSSR count). The Hall–Kier alpha value is -1.02. The van der Waals surface area contributed by atoms with Crippen molar-refractivity contribution in [2.45, 2.75) is 19.2 Å². The molecule has 0 amide bonds. The van der Waals surface area contributed by atoms with Gasteiger partial charge in [0.05, 0.1) is 0 Å². The lowest BCUT2D eigenvalue weighted by Crippen LogP contribution is -2.05. The Morgan fingerprint density at radius 2 is 2.31 bits per heavy atom. The molecule has 0 aliphatic carbocycles. The van der Waals surface area contributed by atoms with Crippen LogP contribution in [0.3, 0.4) is 0 Å². The number of hydrogen-bond donors (Lipinski definition) is 0. The molecular formula is C10H11ClO2. The molecule has 0 aromatic heterocycles. The minimum Gasteiger partial charge on any atom is -0.427 e. The van der Waals surface area contributed by atoms with Gasteiger partial charge in [-0.15, -0.1) is 11.6 Å². The molecule has 0 aliphatic rings. The molecule has 70 valence electrons. The fourth-order valence-corrected chi connectivity index (χ4v) is 1.06. The standard InChI is InChI=1S/C10H11ClO2/c1-2-10(12)13-9-5-3-4-8(6-9)7-11/h3-6H,2,7H2,1H3. The van der Waals surface area contributed by atoms with Gasteiger partial charge in [0.2, 0.25) is 0 Å². The largest absolute Gasteiger partial charge is 0.427 e. The summed E-state index contributed by atoms with van der Waals surface area (Å²) in [6.07, 6.45) is 0.380. The Kier molecular flexibility index (Phi) is 3.77. The summed E-state index contributed by atoms with van der Waals surface area (Å²) in [6.45, 7) is 1.76. The summed E-state index contributed by atoms with van der Waals surface area (Å²) >= 11 is 5.63. The van der Waals surface area contributed by atoms with Crippen molar-refractivity contribution in [2.75, 3.05) is 0 Å². The van der Waals surface area contributed by atoms with Crippen molar-refractivity contribution in [2.24, 2.45) is 0 Å². The molecule has 0 N–H and O–H groups in total. The smallest absolute Gasteiger partial charge is 0.310 e. The van der Waals surface area contributed by atoms with Crippen LogP contribution in [-0.2, 0) is 10.7 Å². The Bertz CT molecular complexity index is 297. The molecular weight excluding hydrogens is 188 g/mol. The summed E-state index contributed by atoms with van der Waals surface area (Å²) in [5.74, 6) is 0.758. The van der Waals surface area contributed by atoms with E-state index in [0.29, 0.717) is 18.1 Å². The number of alkyl halides is 1. The topological polar surface area (TPSA) is 26.3 Å². The SMILES string of the molecule is CCC(=O)Oc1cccc(CCl)c1. The van der Waals surface area contributed by atoms with Gasteiger partial charge >= 0.3 is 5.97 Å². The number of halogens is 1. The third kappa shape index (κ3) is 3.07. The molecule has 0 bridgehead atoms. The van der Waals surface area contributed by atoms with E-state index in [0.717, 1.165) is 5.56 Å². The predicted octanol–water partition coefficient (Wildman–Crippen LogP) is 2.74. The zero-order chi connectivity index (χ0) is 9.68. The van der Waals surface area contributed by atoms with Gasteiger partial charge in [-0.3, -0.25) is 4.79 Å². The second-order valence-electron chi connectivity index (χ2n) is 2.61. The lowest BCUT2D eigenvalue weighted by atomic mass is 10.2. The molecule has 2 nitrogen and oxygen atoms in total. The normalized spacial score (nSPS) is 9.69. The molecule has 0 heterocycles. The van der Waals surface area contributed by atoms with E-state index in [4.69, 9.17) is 16.3 Å². The maximum atomic E-state index is 10.9. The first-order chi connectivity index (χ1) is 6.26. The van der Waals surface area contributed by atoms with Crippen molar-refractivity contribution >= 4 is 17.6 Å². The number of carbonyl (C=O) groups excluding carboxylic acids is 1. The van der Waals surface area contributed by atoms with Gasteiger partial charge in [-0.05, 0) is 17.7 Å². The Labute approximate surface area is 82.5 Å². The number of carbonyl (C=O) groups is 1. The Balaban J connectivity index is 2.71. The van der Waals surface area contributed by atoms with Gasteiger partial charge < -0.3 is 4.74 Å². The van der Waals surface area contributed by atoms with Crippen LogP contribution in [0, 0.1) is 0 Å². The van der Waals surface area contributed by atoms with Crippen LogP contribution in [0.1, 0.15) is 18.9 Å². The summed E-state index contributed by atoms with van der Waals surface area (Å²) in [6, 6.07) is 7.20. The first-order valence-corrected chi connectivity index (χ1v) is 4.65. The molecule has 3 heteroatoms. The lowest BCUT2D eigenvalue weighted by molar-refractivity contribution is -0.134. The summed E-state index contributed by atoms with van der Waals surface area (Å²) < 4.78 is 5.01. The van der Waals surface area contributed by atoms with Crippen molar-refractivity contribution in [3.63, 3.8) is 0 Å². The molecule has 0 aliphatic heterocycles. The highest BCUT2D eigenvalue weighted by Crippen LogP contribution is 2.15. The van der Waals surface area contributed by atoms with Crippen molar-refractivity contribution in [3.05, 3.63) is 29.8 Å². The van der Waals surface area contributed by atoms with Crippen molar-refractivity contribution in [3.8, 4) is 5.75 Å². The van der Waals surface area contributed by atoms with Crippen LogP contribution >= 0.6 is 11.6 Å². The first-order valence-electron chi connectivity index (χ1n) is 4.12. The van der Waals surface area contributed by atoms with Crippen LogP contribution in [0.25, 0.3) is 0 Å². The highest BCUT2D eigenvalue weighted by molar-refractivity contribution is 6.17. The highest BCUT2D eigenvalue weighted by atomic mass is 35.5. The van der Waals surface area contributed by atoms with E-state index < -0.39 is 0 Å². The monoisotopic (exact) mass is 198 g/mol. The molecule has 1 aromatic carbocycles. The summed E-state index contributed by atoms with van der Waals surface area (Å²) in [5.41, 5.74) is 0.947. The van der Waals surface area contributed by atoms with Gasteiger partial charge in [0, 0.05) is 12.3 Å². The molecule has 0 atom stereocenters. The van der Waals surface area contributed by atoms with Crippen molar-refractivity contribution < 1.29 is 9.53 Å². The summed E-state index contributed by atoms with van der Waals surface area (Å²) in [5, 5.41) is 0. The summed E-state index contributed by atoms with van der Waals surface area (Å²) in [4.78, 5) is 10.9. The number of benzene rings is 1. The van der Waals surface area contributed by atoms with Crippen molar-refractivity contribution in [1.29, 1.82) is 0 Å². The fourth-order valence-electron chi connectivity index (χ4n) is 0.896. The van der Waals surface area contributed by atoms with Gasteiger partial charge in [0.15, 0.2) is 0 Å². The van der Waals surface area contributed by atoms with E-state index >= 15 is 0 Å². The minimum absolute atomic E-state index is 0.230. The first kappa shape index (κ1) is 10.1. The third-order valence-corrected chi connectivity index (χ3v) is 1.88. The lowest BCUT2D eigenvalue weighted by Gasteiger charge is -2.03. The van der Waals surface area contributed by atoms with Crippen molar-refractivity contribution in [1.82, 2.24) is 0 Å². The van der Waals surface area contributed by atoms with Crippen LogP contribution < -0.4 is 4.74 Å². The van der Waals surface area contributed by atoms with Gasteiger partial charge in [-0.1, -0.05) is 19.1 Å². The molecule has 0 radical (unpaired) electrons. The molecule has 1 aromatic rings. The van der Waals surface area contributed by atoms with E-state index in [-0.39, 0.29) is 5.97 Å². The van der Waals surface area contributed by atoms with Crippen LogP contribution in [-0.4, -0.2) is 5.97 Å². The predicted molar refractivity (Wildman–Crippen MR) is 51.9 cm³/mol. The second kappa shape index (κ2) is 4.87. The molecule has 0 saturated heterocycles. The number of hydrogen-bond acceptors (Lipinski definition) is 2. The molecule has 0 spiro atoms. The number of ether oxygens (including phenoxy) is 1. The van der Waals surface area contributed by atoms with Crippen LogP contribution in [0.5, 0.6) is 5.75 Å². The van der Waals surface area contributed by atoms with E-state index in [2.05, 4.69) is 0 Å². The Morgan fingerprint density at radius 3 is 2.92 bits per heavy atom. The van der Waals surface area contributed by atoms with Gasteiger partial charge in [0.1, 0.15) is 5.75 Å². The maximum Gasteiger partial charge on any atom is 0.310 e. The zero-order valence-corrected chi connectivity index (χ0v) is 8.17. The van der Waals surface area contributed by atoms with E-state index in [9.17, 15) is 4.79 Å². The third-order valence-electron chi connectivity index (χ3n) is 1.57.